The molecule has 14 heteroatoms. The molecule has 0 unspecified atom stereocenters. The van der Waals surface area contributed by atoms with Gasteiger partial charge in [0, 0.05) is 31.8 Å². The maximum Gasteiger partial charge on any atom is 0.291 e. The first-order chi connectivity index (χ1) is 19.4. The van der Waals surface area contributed by atoms with Crippen LogP contribution in [0.4, 0.5) is 13.2 Å². The van der Waals surface area contributed by atoms with Crippen LogP contribution in [0.25, 0.3) is 0 Å². The topological polar surface area (TPSA) is 128 Å². The number of carbonyl (C=O) groups excluding carboxylic acids is 5. The number of hydrogen-bond acceptors (Lipinski definition) is 5. The van der Waals surface area contributed by atoms with E-state index in [1.165, 1.54) is 4.90 Å². The molecule has 4 rings (SSSR count). The lowest BCUT2D eigenvalue weighted by molar-refractivity contribution is -0.155. The summed E-state index contributed by atoms with van der Waals surface area (Å²) in [6.45, 7) is 4.09. The van der Waals surface area contributed by atoms with Gasteiger partial charge in [-0.15, -0.1) is 0 Å². The van der Waals surface area contributed by atoms with Gasteiger partial charge < -0.3 is 15.5 Å². The molecule has 3 N–H and O–H groups in total. The molecule has 5 amide bonds. The van der Waals surface area contributed by atoms with Crippen molar-refractivity contribution in [2.24, 2.45) is 29.6 Å². The third-order valence-corrected chi connectivity index (χ3v) is 9.44. The van der Waals surface area contributed by atoms with Crippen LogP contribution in [-0.4, -0.2) is 82.7 Å². The fourth-order valence-electron chi connectivity index (χ4n) is 6.85. The summed E-state index contributed by atoms with van der Waals surface area (Å²) in [5.41, 5.74) is -0.00706. The predicted octanol–water partition coefficient (Wildman–Crippen LogP) is 2.11. The third-order valence-electron chi connectivity index (χ3n) is 9.25. The zero-order chi connectivity index (χ0) is 30.1. The van der Waals surface area contributed by atoms with Gasteiger partial charge in [0.2, 0.25) is 23.6 Å². The first-order valence-corrected chi connectivity index (χ1v) is 15.0. The second kappa shape index (κ2) is 12.7. The molecule has 41 heavy (non-hydrogen) atoms. The van der Waals surface area contributed by atoms with Crippen molar-refractivity contribution >= 4 is 41.1 Å². The highest BCUT2D eigenvalue weighted by atomic mass is 35.5. The standard InChI is InChI=1S/C27H39ClF3N5O5/c1-3-14(4-2)19(33-23(38)17-10-27(30,31)11-17)25(40)35-12-15-6-5-7-18(15)20(35)24(39)34-36(26(41)21(28)29)13-16-8-9-32-22(16)37/h14-21H,3-13H2,1-2H3,(H,32,37)(H,33,38)(H,34,39)/t15-,16-,18-,19-,20-,21-/m0/s1. The van der Waals surface area contributed by atoms with E-state index in [2.05, 4.69) is 16.1 Å². The molecule has 0 aromatic rings. The van der Waals surface area contributed by atoms with Crippen LogP contribution in [0, 0.1) is 29.6 Å². The number of hydrogen-bond donors (Lipinski definition) is 3. The molecule has 2 aliphatic carbocycles. The quantitative estimate of drug-likeness (QED) is 0.260. The smallest absolute Gasteiger partial charge is 0.291 e. The number of likely N-dealkylation sites (tertiary alicyclic amines) is 1. The highest BCUT2D eigenvalue weighted by molar-refractivity contribution is 6.29. The summed E-state index contributed by atoms with van der Waals surface area (Å²) < 4.78 is 40.7. The van der Waals surface area contributed by atoms with Gasteiger partial charge in [-0.2, -0.15) is 0 Å². The summed E-state index contributed by atoms with van der Waals surface area (Å²) in [5.74, 6) is -8.28. The lowest BCUT2D eigenvalue weighted by atomic mass is 9.80. The second-order valence-corrected chi connectivity index (χ2v) is 12.2. The minimum absolute atomic E-state index is 0.0183. The summed E-state index contributed by atoms with van der Waals surface area (Å²) >= 11 is 5.41. The lowest BCUT2D eigenvalue weighted by Crippen LogP contribution is -2.60. The van der Waals surface area contributed by atoms with Gasteiger partial charge >= 0.3 is 0 Å². The van der Waals surface area contributed by atoms with Gasteiger partial charge in [-0.05, 0) is 37.0 Å². The molecule has 2 saturated heterocycles. The molecule has 4 fully saturated rings. The van der Waals surface area contributed by atoms with Gasteiger partial charge in [0.25, 0.3) is 17.4 Å². The highest BCUT2D eigenvalue weighted by Crippen LogP contribution is 2.44. The zero-order valence-electron chi connectivity index (χ0n) is 23.3. The molecule has 10 nitrogen and oxygen atoms in total. The van der Waals surface area contributed by atoms with Crippen molar-refractivity contribution in [1.29, 1.82) is 0 Å². The monoisotopic (exact) mass is 605 g/mol. The highest BCUT2D eigenvalue weighted by Gasteiger charge is 2.53. The summed E-state index contributed by atoms with van der Waals surface area (Å²) in [6.07, 6.45) is 2.61. The van der Waals surface area contributed by atoms with Crippen LogP contribution in [0.2, 0.25) is 0 Å². The number of amides is 5. The van der Waals surface area contributed by atoms with E-state index >= 15 is 0 Å². The number of alkyl halides is 4. The third kappa shape index (κ3) is 6.75. The molecule has 0 aromatic heterocycles. The minimum atomic E-state index is -2.89. The van der Waals surface area contributed by atoms with E-state index in [1.54, 1.807) is 0 Å². The molecule has 230 valence electrons. The van der Waals surface area contributed by atoms with E-state index < -0.39 is 71.9 Å². The molecule has 6 atom stereocenters. The van der Waals surface area contributed by atoms with E-state index in [4.69, 9.17) is 11.6 Å². The Kier molecular flexibility index (Phi) is 9.75. The Morgan fingerprint density at radius 1 is 1.12 bits per heavy atom. The Hall–Kier alpha value is -2.57. The first-order valence-electron chi connectivity index (χ1n) is 14.5. The summed E-state index contributed by atoms with van der Waals surface area (Å²) in [5, 5.41) is 6.06. The summed E-state index contributed by atoms with van der Waals surface area (Å²) in [4.78, 5) is 66.7. The van der Waals surface area contributed by atoms with E-state index in [-0.39, 0.29) is 36.8 Å². The largest absolute Gasteiger partial charge is 0.356 e. The average Bonchev–Trinajstić information content (AvgIpc) is 3.62. The van der Waals surface area contributed by atoms with Gasteiger partial charge in [-0.1, -0.05) is 44.7 Å². The summed E-state index contributed by atoms with van der Waals surface area (Å²) in [6, 6.07) is -2.02. The van der Waals surface area contributed by atoms with Crippen molar-refractivity contribution in [1.82, 2.24) is 26.0 Å². The normalized spacial score (nSPS) is 28.5. The van der Waals surface area contributed by atoms with E-state index in [1.807, 2.05) is 13.8 Å². The van der Waals surface area contributed by atoms with Gasteiger partial charge in [0.05, 0.1) is 12.5 Å². The van der Waals surface area contributed by atoms with Crippen molar-refractivity contribution in [3.8, 4) is 0 Å². The van der Waals surface area contributed by atoms with E-state index in [9.17, 15) is 37.1 Å². The molecule has 2 heterocycles. The fourth-order valence-corrected chi connectivity index (χ4v) is 6.97. The van der Waals surface area contributed by atoms with E-state index in [0.29, 0.717) is 32.2 Å². The van der Waals surface area contributed by atoms with Gasteiger partial charge in [0.15, 0.2) is 0 Å². The Bertz CT molecular complexity index is 1040. The van der Waals surface area contributed by atoms with Crippen LogP contribution in [0.15, 0.2) is 0 Å². The average molecular weight is 606 g/mol. The minimum Gasteiger partial charge on any atom is -0.356 e. The molecule has 2 aliphatic heterocycles. The number of nitrogens with zero attached hydrogens (tertiary/aromatic N) is 2. The van der Waals surface area contributed by atoms with Crippen LogP contribution in [0.1, 0.15) is 65.2 Å². The molecule has 2 saturated carbocycles. The zero-order valence-corrected chi connectivity index (χ0v) is 24.1. The molecule has 4 aliphatic rings. The van der Waals surface area contributed by atoms with Crippen LogP contribution >= 0.6 is 11.6 Å². The lowest BCUT2D eigenvalue weighted by Gasteiger charge is -2.37. The van der Waals surface area contributed by atoms with Crippen LogP contribution < -0.4 is 16.1 Å². The van der Waals surface area contributed by atoms with Crippen molar-refractivity contribution in [3.05, 3.63) is 0 Å². The Morgan fingerprint density at radius 2 is 1.80 bits per heavy atom. The first kappa shape index (κ1) is 31.4. The number of rotatable bonds is 10. The molecular formula is C27H39ClF3N5O5. The fraction of sp³-hybridized carbons (Fsp3) is 0.815. The van der Waals surface area contributed by atoms with Gasteiger partial charge in [0.1, 0.15) is 12.1 Å². The maximum atomic E-state index is 14.1. The predicted molar refractivity (Wildman–Crippen MR) is 142 cm³/mol. The second-order valence-electron chi connectivity index (χ2n) is 11.8. The van der Waals surface area contributed by atoms with Crippen molar-refractivity contribution in [2.45, 2.75) is 88.9 Å². The van der Waals surface area contributed by atoms with Crippen molar-refractivity contribution < 1.29 is 37.1 Å². The summed E-state index contributed by atoms with van der Waals surface area (Å²) in [7, 11) is 0. The molecule has 0 bridgehead atoms. The van der Waals surface area contributed by atoms with Gasteiger partial charge in [-0.3, -0.25) is 29.4 Å². The van der Waals surface area contributed by atoms with Crippen LogP contribution in [0.3, 0.4) is 0 Å². The van der Waals surface area contributed by atoms with Gasteiger partial charge in [-0.25, -0.2) is 18.2 Å². The SMILES string of the molecule is CCC(CC)[C@H](NC(=O)C1CC(F)(F)C1)C(=O)N1C[C@@H]2CCC[C@@H]2[C@H]1C(=O)NN(C[C@@H]1CCNC1=O)C(=O)[C@H](F)Cl. The number of fused-ring (bicyclic) bond motifs is 1. The molecular weight excluding hydrogens is 567 g/mol. The van der Waals surface area contributed by atoms with E-state index in [0.717, 1.165) is 17.9 Å². The Balaban J connectivity index is 1.55. The molecule has 0 radical (unpaired) electrons. The van der Waals surface area contributed by atoms with Crippen molar-refractivity contribution in [2.75, 3.05) is 19.6 Å². The van der Waals surface area contributed by atoms with Crippen molar-refractivity contribution in [3.63, 3.8) is 0 Å². The maximum absolute atomic E-state index is 14.1. The molecule has 0 spiro atoms. The van der Waals surface area contributed by atoms with Crippen LogP contribution in [-0.2, 0) is 24.0 Å². The number of carbonyl (C=O) groups is 5. The Labute approximate surface area is 242 Å². The number of nitrogens with one attached hydrogen (secondary N) is 3. The Morgan fingerprint density at radius 3 is 2.37 bits per heavy atom. The number of hydrazine groups is 1. The molecule has 0 aromatic carbocycles. The van der Waals surface area contributed by atoms with Crippen LogP contribution in [0.5, 0.6) is 0 Å². The number of halogens is 4.